The summed E-state index contributed by atoms with van der Waals surface area (Å²) in [6.07, 6.45) is 4.88. The van der Waals surface area contributed by atoms with Crippen LogP contribution in [0.25, 0.3) is 0 Å². The number of carbonyl (C=O) groups excluding carboxylic acids is 2. The summed E-state index contributed by atoms with van der Waals surface area (Å²) >= 11 is 0. The standard InChI is InChI=1S/C32H38N6O4/c1-5-31(39)35-26-18-27(29(41-4)19-28(26)37-15-12-23(13-16-37)36(2)3)34-30-17-24(11-14-33-30)42-25-20-38(21-25)32(40)22-9-7-6-8-10-22/h5-11,14,17-19,23,25H,1,12-13,15-16,20-21H2,2-4H3,(H,33,34)(H,35,39). The lowest BCUT2D eigenvalue weighted by molar-refractivity contribution is -0.111. The molecule has 2 fully saturated rings. The van der Waals surface area contributed by atoms with Crippen LogP contribution in [0.4, 0.5) is 22.9 Å². The number of anilines is 4. The van der Waals surface area contributed by atoms with Gasteiger partial charge in [0.25, 0.3) is 5.91 Å². The molecule has 2 saturated heterocycles. The van der Waals surface area contributed by atoms with Crippen LogP contribution < -0.4 is 25.0 Å². The van der Waals surface area contributed by atoms with Crippen molar-refractivity contribution < 1.29 is 19.1 Å². The van der Waals surface area contributed by atoms with Gasteiger partial charge in [-0.15, -0.1) is 0 Å². The highest BCUT2D eigenvalue weighted by Crippen LogP contribution is 2.39. The normalized spacial score (nSPS) is 15.6. The number of nitrogens with one attached hydrogen (secondary N) is 2. The van der Waals surface area contributed by atoms with Gasteiger partial charge in [0.2, 0.25) is 5.91 Å². The summed E-state index contributed by atoms with van der Waals surface area (Å²) in [5, 5.41) is 6.29. The Hall–Kier alpha value is -4.57. The largest absolute Gasteiger partial charge is 0.494 e. The van der Waals surface area contributed by atoms with Gasteiger partial charge in [-0.25, -0.2) is 4.98 Å². The number of methoxy groups -OCH3 is 1. The van der Waals surface area contributed by atoms with E-state index >= 15 is 0 Å². The molecular weight excluding hydrogens is 532 g/mol. The minimum absolute atomic E-state index is 0.00416. The third-order valence-corrected chi connectivity index (χ3v) is 7.75. The number of piperidine rings is 1. The predicted octanol–water partition coefficient (Wildman–Crippen LogP) is 4.39. The topological polar surface area (TPSA) is 99.3 Å². The molecule has 2 aliphatic rings. The number of likely N-dealkylation sites (tertiary alicyclic amines) is 1. The fraction of sp³-hybridized carbons (Fsp3) is 0.344. The molecule has 0 saturated carbocycles. The van der Waals surface area contributed by atoms with Gasteiger partial charge in [0.1, 0.15) is 23.4 Å². The molecule has 2 amide bonds. The Morgan fingerprint density at radius 3 is 2.45 bits per heavy atom. The number of aromatic nitrogens is 1. The van der Waals surface area contributed by atoms with Gasteiger partial charge in [-0.2, -0.15) is 0 Å². The summed E-state index contributed by atoms with van der Waals surface area (Å²) < 4.78 is 11.9. The van der Waals surface area contributed by atoms with Crippen molar-refractivity contribution in [1.29, 1.82) is 0 Å². The second-order valence-corrected chi connectivity index (χ2v) is 10.8. The molecule has 0 bridgehead atoms. The lowest BCUT2D eigenvalue weighted by Gasteiger charge is -2.39. The molecule has 3 aromatic rings. The molecule has 0 unspecified atom stereocenters. The van der Waals surface area contributed by atoms with Gasteiger partial charge in [-0.3, -0.25) is 9.59 Å². The number of amides is 2. The molecule has 2 N–H and O–H groups in total. The average Bonchev–Trinajstić information content (AvgIpc) is 2.99. The first-order valence-electron chi connectivity index (χ1n) is 14.2. The van der Waals surface area contributed by atoms with E-state index in [1.807, 2.05) is 48.5 Å². The van der Waals surface area contributed by atoms with Crippen molar-refractivity contribution >= 4 is 34.7 Å². The molecule has 5 rings (SSSR count). The third-order valence-electron chi connectivity index (χ3n) is 7.75. The van der Waals surface area contributed by atoms with Gasteiger partial charge in [-0.05, 0) is 57.3 Å². The van der Waals surface area contributed by atoms with Gasteiger partial charge in [0.15, 0.2) is 0 Å². The Bertz CT molecular complexity index is 1420. The summed E-state index contributed by atoms with van der Waals surface area (Å²) in [6.45, 7) is 6.38. The zero-order valence-corrected chi connectivity index (χ0v) is 24.4. The van der Waals surface area contributed by atoms with E-state index in [4.69, 9.17) is 9.47 Å². The quantitative estimate of drug-likeness (QED) is 0.347. The maximum atomic E-state index is 12.6. The van der Waals surface area contributed by atoms with Crippen molar-refractivity contribution in [1.82, 2.24) is 14.8 Å². The number of rotatable bonds is 10. The van der Waals surface area contributed by atoms with Crippen molar-refractivity contribution in [3.8, 4) is 11.5 Å². The summed E-state index contributed by atoms with van der Waals surface area (Å²) in [7, 11) is 5.85. The molecule has 42 heavy (non-hydrogen) atoms. The molecule has 0 spiro atoms. The Balaban J connectivity index is 1.29. The van der Waals surface area contributed by atoms with Crippen molar-refractivity contribution in [2.24, 2.45) is 0 Å². The lowest BCUT2D eigenvalue weighted by Crippen LogP contribution is -2.56. The molecular formula is C32H38N6O4. The van der Waals surface area contributed by atoms with E-state index in [-0.39, 0.29) is 17.9 Å². The van der Waals surface area contributed by atoms with Gasteiger partial charge < -0.3 is 34.8 Å². The maximum Gasteiger partial charge on any atom is 0.254 e. The molecule has 1 aromatic heterocycles. The predicted molar refractivity (Wildman–Crippen MR) is 165 cm³/mol. The number of hydrogen-bond donors (Lipinski definition) is 2. The number of carbonyl (C=O) groups is 2. The van der Waals surface area contributed by atoms with Crippen LogP contribution in [0, 0.1) is 0 Å². The van der Waals surface area contributed by atoms with Crippen LogP contribution in [0.15, 0.2) is 73.4 Å². The van der Waals surface area contributed by atoms with Gasteiger partial charge in [-0.1, -0.05) is 24.8 Å². The van der Waals surface area contributed by atoms with Crippen LogP contribution >= 0.6 is 0 Å². The summed E-state index contributed by atoms with van der Waals surface area (Å²) in [6, 6.07) is 17.2. The van der Waals surface area contributed by atoms with Crippen molar-refractivity contribution in [2.75, 3.05) is 62.9 Å². The van der Waals surface area contributed by atoms with Crippen LogP contribution in [0.1, 0.15) is 23.2 Å². The van der Waals surface area contributed by atoms with Crippen LogP contribution in [0.3, 0.4) is 0 Å². The number of hydrogen-bond acceptors (Lipinski definition) is 8. The zero-order valence-electron chi connectivity index (χ0n) is 24.4. The molecule has 10 heteroatoms. The second-order valence-electron chi connectivity index (χ2n) is 10.8. The zero-order chi connectivity index (χ0) is 29.6. The Labute approximate surface area is 246 Å². The summed E-state index contributed by atoms with van der Waals surface area (Å²) in [5.74, 6) is 1.54. The summed E-state index contributed by atoms with van der Waals surface area (Å²) in [4.78, 5) is 35.7. The SMILES string of the molecule is C=CC(=O)Nc1cc(Nc2cc(OC3CN(C(=O)c4ccccc4)C3)ccn2)c(OC)cc1N1CCC(N(C)C)CC1. The van der Waals surface area contributed by atoms with Gasteiger partial charge in [0, 0.05) is 43.0 Å². The highest BCUT2D eigenvalue weighted by molar-refractivity contribution is 6.02. The number of nitrogens with zero attached hydrogens (tertiary/aromatic N) is 4. The first kappa shape index (κ1) is 28.9. The van der Waals surface area contributed by atoms with E-state index in [0.717, 1.165) is 31.6 Å². The third kappa shape index (κ3) is 6.66. The van der Waals surface area contributed by atoms with E-state index in [1.54, 1.807) is 24.3 Å². The molecule has 2 aromatic carbocycles. The number of ether oxygens (including phenoxy) is 2. The fourth-order valence-corrected chi connectivity index (χ4v) is 5.33. The van der Waals surface area contributed by atoms with E-state index in [0.29, 0.717) is 53.4 Å². The smallest absolute Gasteiger partial charge is 0.254 e. The van der Waals surface area contributed by atoms with E-state index in [1.165, 1.54) is 6.08 Å². The highest BCUT2D eigenvalue weighted by atomic mass is 16.5. The van der Waals surface area contributed by atoms with Crippen LogP contribution in [-0.4, -0.2) is 86.1 Å². The molecule has 2 aliphatic heterocycles. The maximum absolute atomic E-state index is 12.6. The minimum atomic E-state index is -0.288. The molecule has 3 heterocycles. The average molecular weight is 571 g/mol. The van der Waals surface area contributed by atoms with Crippen LogP contribution in [0.2, 0.25) is 0 Å². The van der Waals surface area contributed by atoms with Crippen LogP contribution in [0.5, 0.6) is 11.5 Å². The lowest BCUT2D eigenvalue weighted by atomic mass is 10.0. The Kier molecular flexibility index (Phi) is 8.92. The number of benzene rings is 2. The molecule has 0 atom stereocenters. The van der Waals surface area contributed by atoms with Crippen molar-refractivity contribution in [3.05, 3.63) is 79.0 Å². The van der Waals surface area contributed by atoms with Crippen molar-refractivity contribution in [2.45, 2.75) is 25.0 Å². The van der Waals surface area contributed by atoms with Gasteiger partial charge >= 0.3 is 0 Å². The number of pyridine rings is 1. The first-order chi connectivity index (χ1) is 20.3. The van der Waals surface area contributed by atoms with E-state index in [9.17, 15) is 9.59 Å². The van der Waals surface area contributed by atoms with Crippen molar-refractivity contribution in [3.63, 3.8) is 0 Å². The molecule has 220 valence electrons. The Morgan fingerprint density at radius 1 is 1.05 bits per heavy atom. The highest BCUT2D eigenvalue weighted by Gasteiger charge is 2.33. The first-order valence-corrected chi connectivity index (χ1v) is 14.2. The van der Waals surface area contributed by atoms with E-state index < -0.39 is 0 Å². The van der Waals surface area contributed by atoms with E-state index in [2.05, 4.69) is 46.1 Å². The second kappa shape index (κ2) is 12.9. The van der Waals surface area contributed by atoms with Gasteiger partial charge in [0.05, 0.1) is 37.3 Å². The van der Waals surface area contributed by atoms with Crippen LogP contribution in [-0.2, 0) is 4.79 Å². The summed E-state index contributed by atoms with van der Waals surface area (Å²) in [5.41, 5.74) is 2.88. The fourth-order valence-electron chi connectivity index (χ4n) is 5.33. The molecule has 0 aliphatic carbocycles. The monoisotopic (exact) mass is 570 g/mol. The molecule has 0 radical (unpaired) electrons. The minimum Gasteiger partial charge on any atom is -0.494 e. The molecule has 10 nitrogen and oxygen atoms in total. The Morgan fingerprint density at radius 2 is 1.79 bits per heavy atom.